The van der Waals surface area contributed by atoms with E-state index in [2.05, 4.69) is 20.4 Å². The zero-order chi connectivity index (χ0) is 18.5. The Balaban J connectivity index is 1.67. The summed E-state index contributed by atoms with van der Waals surface area (Å²) >= 11 is 0. The van der Waals surface area contributed by atoms with E-state index in [-0.39, 0.29) is 17.6 Å². The first-order chi connectivity index (χ1) is 13.1. The van der Waals surface area contributed by atoms with Crippen LogP contribution >= 0.6 is 0 Å². The molecule has 5 rings (SSSR count). The number of imidazole rings is 1. The van der Waals surface area contributed by atoms with E-state index in [1.807, 2.05) is 31.2 Å². The molecule has 1 unspecified atom stereocenters. The van der Waals surface area contributed by atoms with Crippen LogP contribution < -0.4 is 5.32 Å². The summed E-state index contributed by atoms with van der Waals surface area (Å²) < 4.78 is 15.0. The first-order valence-electron chi connectivity index (χ1n) is 8.70. The molecular weight excluding hydrogens is 345 g/mol. The van der Waals surface area contributed by atoms with Gasteiger partial charge in [-0.25, -0.2) is 9.37 Å². The Morgan fingerprint density at radius 3 is 2.70 bits per heavy atom. The molecule has 1 aliphatic heterocycles. The molecule has 2 aromatic carbocycles. The lowest BCUT2D eigenvalue weighted by atomic mass is 9.86. The lowest BCUT2D eigenvalue weighted by molar-refractivity contribution is -0.116. The van der Waals surface area contributed by atoms with E-state index in [1.54, 1.807) is 16.8 Å². The fraction of sp³-hybridized carbons (Fsp3) is 0.150. The van der Waals surface area contributed by atoms with E-state index >= 15 is 0 Å². The molecule has 2 aromatic heterocycles. The third kappa shape index (κ3) is 2.51. The number of anilines is 1. The Morgan fingerprint density at radius 1 is 1.15 bits per heavy atom. The molecule has 0 aliphatic carbocycles. The predicted octanol–water partition coefficient (Wildman–Crippen LogP) is 3.67. The van der Waals surface area contributed by atoms with Crippen molar-refractivity contribution < 1.29 is 9.18 Å². The maximum Gasteiger partial charge on any atom is 0.231 e. The largest absolute Gasteiger partial charge is 0.322 e. The minimum absolute atomic E-state index is 0.103. The second-order valence-corrected chi connectivity index (χ2v) is 6.69. The van der Waals surface area contributed by atoms with Gasteiger partial charge in [0.15, 0.2) is 0 Å². The Morgan fingerprint density at radius 2 is 1.93 bits per heavy atom. The molecular formula is C20H16FN5O. The van der Waals surface area contributed by atoms with Crippen molar-refractivity contribution in [2.75, 3.05) is 5.32 Å². The van der Waals surface area contributed by atoms with E-state index in [0.717, 1.165) is 27.9 Å². The maximum absolute atomic E-state index is 13.3. The van der Waals surface area contributed by atoms with E-state index < -0.39 is 0 Å². The van der Waals surface area contributed by atoms with Crippen LogP contribution in [0.25, 0.3) is 17.0 Å². The van der Waals surface area contributed by atoms with E-state index in [4.69, 9.17) is 0 Å². The van der Waals surface area contributed by atoms with Crippen molar-refractivity contribution in [2.45, 2.75) is 19.3 Å². The van der Waals surface area contributed by atoms with Crippen molar-refractivity contribution in [3.63, 3.8) is 0 Å². The minimum atomic E-state index is -0.297. The van der Waals surface area contributed by atoms with Gasteiger partial charge in [0.1, 0.15) is 11.6 Å². The highest BCUT2D eigenvalue weighted by atomic mass is 19.1. The maximum atomic E-state index is 13.3. The second kappa shape index (κ2) is 5.77. The molecule has 2 N–H and O–H groups in total. The summed E-state index contributed by atoms with van der Waals surface area (Å²) in [5.41, 5.74) is 4.35. The average Bonchev–Trinajstić information content (AvgIpc) is 3.23. The predicted molar refractivity (Wildman–Crippen MR) is 99.4 cm³/mol. The Bertz CT molecular complexity index is 1140. The molecule has 1 atom stereocenters. The van der Waals surface area contributed by atoms with Crippen molar-refractivity contribution in [3.8, 4) is 5.95 Å². The Labute approximate surface area is 154 Å². The zero-order valence-electron chi connectivity index (χ0n) is 14.5. The van der Waals surface area contributed by atoms with Gasteiger partial charge in [0, 0.05) is 17.9 Å². The van der Waals surface area contributed by atoms with Crippen LogP contribution in [0.5, 0.6) is 0 Å². The Hall–Kier alpha value is -3.48. The van der Waals surface area contributed by atoms with Crippen LogP contribution in [-0.4, -0.2) is 25.7 Å². The molecule has 3 heterocycles. The van der Waals surface area contributed by atoms with E-state index in [1.165, 1.54) is 12.1 Å². The van der Waals surface area contributed by atoms with E-state index in [9.17, 15) is 9.18 Å². The lowest BCUT2D eigenvalue weighted by Gasteiger charge is -2.24. The molecule has 1 aliphatic rings. The standard InChI is InChI=1S/C20H16FN5O/c1-11-18-14(12-6-8-13(21)9-7-12)10-17(27)24-19(18)26(25-11)20-22-15-4-2-3-5-16(15)23-20/h2-9,14H,10H2,1H3,(H,22,23)(H,24,27). The number of H-pyrrole nitrogens is 1. The fourth-order valence-corrected chi connectivity index (χ4v) is 3.72. The first-order valence-corrected chi connectivity index (χ1v) is 8.70. The summed E-state index contributed by atoms with van der Waals surface area (Å²) in [5, 5.41) is 7.55. The molecule has 0 radical (unpaired) electrons. The summed E-state index contributed by atoms with van der Waals surface area (Å²) in [5.74, 6) is 0.577. The number of carbonyl (C=O) groups is 1. The SMILES string of the molecule is Cc1nn(-c2nc3ccccc3[nH]2)c2c1C(c1ccc(F)cc1)CC(=O)N2. The number of para-hydroxylation sites is 2. The van der Waals surface area contributed by atoms with Gasteiger partial charge >= 0.3 is 0 Å². The van der Waals surface area contributed by atoms with Crippen LogP contribution in [0, 0.1) is 12.7 Å². The quantitative estimate of drug-likeness (QED) is 0.572. The summed E-state index contributed by atoms with van der Waals surface area (Å²) in [6, 6.07) is 14.0. The highest BCUT2D eigenvalue weighted by Gasteiger charge is 2.33. The van der Waals surface area contributed by atoms with Gasteiger partial charge in [-0.2, -0.15) is 9.78 Å². The molecule has 1 amide bonds. The van der Waals surface area contributed by atoms with Crippen LogP contribution in [-0.2, 0) is 4.79 Å². The molecule has 7 heteroatoms. The highest BCUT2D eigenvalue weighted by Crippen LogP contribution is 2.40. The molecule has 0 saturated heterocycles. The third-order valence-electron chi connectivity index (χ3n) is 4.95. The number of hydrogen-bond acceptors (Lipinski definition) is 3. The van der Waals surface area contributed by atoms with Crippen molar-refractivity contribution in [1.29, 1.82) is 0 Å². The molecule has 27 heavy (non-hydrogen) atoms. The summed E-state index contributed by atoms with van der Waals surface area (Å²) in [6.07, 6.45) is 0.297. The van der Waals surface area contributed by atoms with Gasteiger partial charge in [0.05, 0.1) is 16.7 Å². The normalized spacial score (nSPS) is 16.4. The number of halogens is 1. The molecule has 6 nitrogen and oxygen atoms in total. The number of carbonyl (C=O) groups excluding carboxylic acids is 1. The van der Waals surface area contributed by atoms with Crippen LogP contribution in [0.1, 0.15) is 29.2 Å². The number of benzene rings is 2. The van der Waals surface area contributed by atoms with Gasteiger partial charge in [0.2, 0.25) is 11.9 Å². The number of nitrogens with zero attached hydrogens (tertiary/aromatic N) is 3. The fourth-order valence-electron chi connectivity index (χ4n) is 3.72. The van der Waals surface area contributed by atoms with Gasteiger partial charge < -0.3 is 10.3 Å². The average molecular weight is 361 g/mol. The van der Waals surface area contributed by atoms with Gasteiger partial charge in [-0.3, -0.25) is 4.79 Å². The first kappa shape index (κ1) is 15.7. The summed E-state index contributed by atoms with van der Waals surface area (Å²) in [4.78, 5) is 20.2. The highest BCUT2D eigenvalue weighted by molar-refractivity contribution is 5.95. The van der Waals surface area contributed by atoms with Crippen LogP contribution in [0.4, 0.5) is 10.2 Å². The van der Waals surface area contributed by atoms with Gasteiger partial charge in [0.25, 0.3) is 0 Å². The van der Waals surface area contributed by atoms with E-state index in [0.29, 0.717) is 18.2 Å². The number of rotatable bonds is 2. The lowest BCUT2D eigenvalue weighted by Crippen LogP contribution is -2.25. The zero-order valence-corrected chi connectivity index (χ0v) is 14.5. The number of nitrogens with one attached hydrogen (secondary N) is 2. The van der Waals surface area contributed by atoms with Crippen LogP contribution in [0.15, 0.2) is 48.5 Å². The third-order valence-corrected chi connectivity index (χ3v) is 4.95. The smallest absolute Gasteiger partial charge is 0.231 e. The minimum Gasteiger partial charge on any atom is -0.322 e. The van der Waals surface area contributed by atoms with Crippen molar-refractivity contribution in [3.05, 3.63) is 71.2 Å². The van der Waals surface area contributed by atoms with Crippen molar-refractivity contribution >= 4 is 22.8 Å². The molecule has 4 aromatic rings. The Kier molecular flexibility index (Phi) is 3.36. The topological polar surface area (TPSA) is 75.6 Å². The van der Waals surface area contributed by atoms with Gasteiger partial charge in [-0.15, -0.1) is 0 Å². The molecule has 0 spiro atoms. The second-order valence-electron chi connectivity index (χ2n) is 6.69. The summed E-state index contributed by atoms with van der Waals surface area (Å²) in [7, 11) is 0. The van der Waals surface area contributed by atoms with Gasteiger partial charge in [-0.05, 0) is 36.8 Å². The number of aromatic nitrogens is 4. The number of fused-ring (bicyclic) bond motifs is 2. The van der Waals surface area contributed by atoms with Crippen LogP contribution in [0.2, 0.25) is 0 Å². The summed E-state index contributed by atoms with van der Waals surface area (Å²) in [6.45, 7) is 1.91. The van der Waals surface area contributed by atoms with Crippen LogP contribution in [0.3, 0.4) is 0 Å². The number of aryl methyl sites for hydroxylation is 1. The molecule has 0 fully saturated rings. The molecule has 0 bridgehead atoms. The number of aromatic amines is 1. The monoisotopic (exact) mass is 361 g/mol. The molecule has 134 valence electrons. The number of amides is 1. The van der Waals surface area contributed by atoms with Gasteiger partial charge in [-0.1, -0.05) is 24.3 Å². The van der Waals surface area contributed by atoms with Crippen molar-refractivity contribution in [1.82, 2.24) is 19.7 Å². The van der Waals surface area contributed by atoms with Crippen molar-refractivity contribution in [2.24, 2.45) is 0 Å². The number of hydrogen-bond donors (Lipinski definition) is 2. The molecule has 0 saturated carbocycles.